The molecule has 0 radical (unpaired) electrons. The lowest BCUT2D eigenvalue weighted by Gasteiger charge is -2.21. The fourth-order valence-electron chi connectivity index (χ4n) is 3.67. The average molecular weight is 447 g/mol. The van der Waals surface area contributed by atoms with Crippen LogP contribution in [0.4, 0.5) is 5.69 Å². The molecule has 2 aromatic carbocycles. The van der Waals surface area contributed by atoms with Gasteiger partial charge in [-0.1, -0.05) is 0 Å². The van der Waals surface area contributed by atoms with E-state index >= 15 is 0 Å². The Kier molecular flexibility index (Phi) is 6.33. The first-order chi connectivity index (χ1) is 14.9. The van der Waals surface area contributed by atoms with Crippen LogP contribution in [0, 0.1) is 0 Å². The van der Waals surface area contributed by atoms with E-state index < -0.39 is 15.9 Å². The number of benzene rings is 2. The van der Waals surface area contributed by atoms with Crippen molar-refractivity contribution < 1.29 is 27.4 Å². The fourth-order valence-corrected chi connectivity index (χ4v) is 4.81. The second-order valence-corrected chi connectivity index (χ2v) is 9.71. The second-order valence-electron chi connectivity index (χ2n) is 7.66. The molecule has 4 rings (SSSR count). The van der Waals surface area contributed by atoms with Crippen LogP contribution >= 0.6 is 0 Å². The molecule has 0 bridgehead atoms. The monoisotopic (exact) mass is 446 g/mol. The zero-order chi connectivity index (χ0) is 21.8. The van der Waals surface area contributed by atoms with Crippen molar-refractivity contribution >= 4 is 21.6 Å². The van der Waals surface area contributed by atoms with E-state index in [1.54, 1.807) is 18.2 Å². The van der Waals surface area contributed by atoms with Crippen LogP contribution in [0.2, 0.25) is 0 Å². The Hall–Kier alpha value is -2.78. The SMILES string of the molecule is CN(CC(=O)Nc1ccc(OC2CCCC2)cc1)S(=O)(=O)c1ccc2c(c1)OCCO2. The molecule has 2 aliphatic rings. The largest absolute Gasteiger partial charge is 0.490 e. The van der Waals surface area contributed by atoms with Crippen LogP contribution in [-0.4, -0.2) is 51.5 Å². The Bertz CT molecular complexity index is 1030. The van der Waals surface area contributed by atoms with E-state index in [9.17, 15) is 13.2 Å². The van der Waals surface area contributed by atoms with Crippen molar-refractivity contribution in [2.45, 2.75) is 36.7 Å². The van der Waals surface area contributed by atoms with Gasteiger partial charge >= 0.3 is 0 Å². The van der Waals surface area contributed by atoms with E-state index in [1.807, 2.05) is 12.1 Å². The van der Waals surface area contributed by atoms with Crippen molar-refractivity contribution in [3.63, 3.8) is 0 Å². The van der Waals surface area contributed by atoms with Crippen molar-refractivity contribution in [2.75, 3.05) is 32.1 Å². The van der Waals surface area contributed by atoms with Crippen molar-refractivity contribution in [1.82, 2.24) is 4.31 Å². The highest BCUT2D eigenvalue weighted by atomic mass is 32.2. The first-order valence-electron chi connectivity index (χ1n) is 10.3. The maximum Gasteiger partial charge on any atom is 0.243 e. The minimum absolute atomic E-state index is 0.0421. The topological polar surface area (TPSA) is 94.2 Å². The minimum Gasteiger partial charge on any atom is -0.490 e. The molecular formula is C22H26N2O6S. The van der Waals surface area contributed by atoms with Gasteiger partial charge in [0.15, 0.2) is 11.5 Å². The standard InChI is InChI=1S/C22H26N2O6S/c1-24(31(26,27)19-10-11-20-21(14-19)29-13-12-28-20)15-22(25)23-16-6-8-18(9-7-16)30-17-4-2-3-5-17/h6-11,14,17H,2-5,12-13,15H2,1H3,(H,23,25). The molecule has 2 aromatic rings. The van der Waals surface area contributed by atoms with Crippen LogP contribution in [0.1, 0.15) is 25.7 Å². The minimum atomic E-state index is -3.86. The summed E-state index contributed by atoms with van der Waals surface area (Å²) < 4.78 is 43.5. The third kappa shape index (κ3) is 5.11. The van der Waals surface area contributed by atoms with Crippen LogP contribution in [0.5, 0.6) is 17.2 Å². The number of carbonyl (C=O) groups is 1. The lowest BCUT2D eigenvalue weighted by Crippen LogP contribution is -2.35. The molecule has 0 saturated heterocycles. The van der Waals surface area contributed by atoms with E-state index in [1.165, 1.54) is 32.0 Å². The quantitative estimate of drug-likeness (QED) is 0.703. The van der Waals surface area contributed by atoms with Crippen molar-refractivity contribution in [1.29, 1.82) is 0 Å². The molecule has 0 unspecified atom stereocenters. The first-order valence-corrected chi connectivity index (χ1v) is 11.8. The van der Waals surface area contributed by atoms with Gasteiger partial charge in [-0.3, -0.25) is 4.79 Å². The molecule has 1 saturated carbocycles. The average Bonchev–Trinajstić information content (AvgIpc) is 3.27. The maximum absolute atomic E-state index is 12.8. The van der Waals surface area contributed by atoms with Crippen molar-refractivity contribution in [2.24, 2.45) is 0 Å². The Morgan fingerprint density at radius 2 is 1.74 bits per heavy atom. The number of hydrogen-bond donors (Lipinski definition) is 1. The van der Waals surface area contributed by atoms with Crippen LogP contribution in [0.25, 0.3) is 0 Å². The van der Waals surface area contributed by atoms with Crippen LogP contribution in [0.15, 0.2) is 47.4 Å². The van der Waals surface area contributed by atoms with Crippen molar-refractivity contribution in [3.05, 3.63) is 42.5 Å². The molecule has 9 heteroatoms. The number of amides is 1. The van der Waals surface area contributed by atoms with Gasteiger partial charge in [0.2, 0.25) is 15.9 Å². The zero-order valence-electron chi connectivity index (χ0n) is 17.4. The van der Waals surface area contributed by atoms with Crippen LogP contribution in [-0.2, 0) is 14.8 Å². The molecule has 8 nitrogen and oxygen atoms in total. The number of fused-ring (bicyclic) bond motifs is 1. The number of carbonyl (C=O) groups excluding carboxylic acids is 1. The maximum atomic E-state index is 12.8. The summed E-state index contributed by atoms with van der Waals surface area (Å²) in [4.78, 5) is 12.4. The van der Waals surface area contributed by atoms with Crippen LogP contribution < -0.4 is 19.5 Å². The number of rotatable bonds is 7. The van der Waals surface area contributed by atoms with Gasteiger partial charge < -0.3 is 19.5 Å². The summed E-state index contributed by atoms with van der Waals surface area (Å²) in [6.45, 7) is 0.461. The third-order valence-corrected chi connectivity index (χ3v) is 7.13. The molecule has 0 atom stereocenters. The second kappa shape index (κ2) is 9.15. The Morgan fingerprint density at radius 1 is 1.06 bits per heavy atom. The number of anilines is 1. The molecular weight excluding hydrogens is 420 g/mol. The molecule has 1 N–H and O–H groups in total. The van der Waals surface area contributed by atoms with Gasteiger partial charge in [-0.25, -0.2) is 8.42 Å². The molecule has 166 valence electrons. The highest BCUT2D eigenvalue weighted by molar-refractivity contribution is 7.89. The summed E-state index contributed by atoms with van der Waals surface area (Å²) >= 11 is 0. The zero-order valence-corrected chi connectivity index (χ0v) is 18.2. The van der Waals surface area contributed by atoms with E-state index in [4.69, 9.17) is 14.2 Å². The molecule has 1 fully saturated rings. The molecule has 31 heavy (non-hydrogen) atoms. The van der Waals surface area contributed by atoms with Gasteiger partial charge in [0.25, 0.3) is 0 Å². The molecule has 0 spiro atoms. The fraction of sp³-hybridized carbons (Fsp3) is 0.409. The molecule has 1 aliphatic carbocycles. The van der Waals surface area contributed by atoms with E-state index in [0.717, 1.165) is 22.9 Å². The number of nitrogens with zero attached hydrogens (tertiary/aromatic N) is 1. The van der Waals surface area contributed by atoms with Gasteiger partial charge in [-0.15, -0.1) is 0 Å². The summed E-state index contributed by atoms with van der Waals surface area (Å²) in [5.41, 5.74) is 0.578. The van der Waals surface area contributed by atoms with Gasteiger partial charge in [0.05, 0.1) is 17.5 Å². The van der Waals surface area contributed by atoms with Gasteiger partial charge in [-0.05, 0) is 62.1 Å². The highest BCUT2D eigenvalue weighted by Gasteiger charge is 2.25. The Morgan fingerprint density at radius 3 is 2.45 bits per heavy atom. The Labute approximate surface area is 182 Å². The molecule has 1 heterocycles. The van der Waals surface area contributed by atoms with Crippen molar-refractivity contribution in [3.8, 4) is 17.2 Å². The predicted molar refractivity (Wildman–Crippen MR) is 115 cm³/mol. The van der Waals surface area contributed by atoms with E-state index in [-0.39, 0.29) is 17.5 Å². The predicted octanol–water partition coefficient (Wildman–Crippen LogP) is 3.04. The summed E-state index contributed by atoms with van der Waals surface area (Å²) in [6.07, 6.45) is 4.80. The van der Waals surface area contributed by atoms with E-state index in [2.05, 4.69) is 5.32 Å². The lowest BCUT2D eigenvalue weighted by atomic mass is 10.2. The normalized spacial score (nSPS) is 16.3. The summed E-state index contributed by atoms with van der Waals surface area (Å²) in [5, 5.41) is 2.72. The third-order valence-electron chi connectivity index (χ3n) is 5.33. The van der Waals surface area contributed by atoms with Gasteiger partial charge in [0, 0.05) is 18.8 Å². The number of ether oxygens (including phenoxy) is 3. The number of sulfonamides is 1. The smallest absolute Gasteiger partial charge is 0.243 e. The van der Waals surface area contributed by atoms with Crippen LogP contribution in [0.3, 0.4) is 0 Å². The lowest BCUT2D eigenvalue weighted by molar-refractivity contribution is -0.116. The molecule has 1 aliphatic heterocycles. The number of likely N-dealkylation sites (N-methyl/N-ethyl adjacent to an activating group) is 1. The molecule has 1 amide bonds. The first kappa shape index (κ1) is 21.5. The van der Waals surface area contributed by atoms with Gasteiger partial charge in [0.1, 0.15) is 19.0 Å². The summed E-state index contributed by atoms with van der Waals surface area (Å²) in [5.74, 6) is 1.22. The summed E-state index contributed by atoms with van der Waals surface area (Å²) in [7, 11) is -2.50. The van der Waals surface area contributed by atoms with Gasteiger partial charge in [-0.2, -0.15) is 4.31 Å². The highest BCUT2D eigenvalue weighted by Crippen LogP contribution is 2.33. The van der Waals surface area contributed by atoms with E-state index in [0.29, 0.717) is 30.4 Å². The number of hydrogen-bond acceptors (Lipinski definition) is 6. The Balaban J connectivity index is 1.35. The number of nitrogens with one attached hydrogen (secondary N) is 1. The summed E-state index contributed by atoms with van der Waals surface area (Å²) in [6, 6.07) is 11.5. The molecule has 0 aromatic heterocycles.